The quantitative estimate of drug-likeness (QED) is 0.820. The second-order valence-corrected chi connectivity index (χ2v) is 9.71. The lowest BCUT2D eigenvalue weighted by molar-refractivity contribution is -0.146. The SMILES string of the molecule is CCC1CC2CC(O)(C1)CC(C)([C@H](N)C(=O)N1C(C#N)C[C@@H]3C[C@@H]31)C2. The van der Waals surface area contributed by atoms with Crippen LogP contribution in [-0.4, -0.2) is 39.6 Å². The molecule has 8 atom stereocenters. The van der Waals surface area contributed by atoms with Crippen LogP contribution in [0.25, 0.3) is 0 Å². The summed E-state index contributed by atoms with van der Waals surface area (Å²) in [6, 6.07) is 1.61. The molecule has 5 nitrogen and oxygen atoms in total. The Morgan fingerprint density at radius 1 is 1.36 bits per heavy atom. The van der Waals surface area contributed by atoms with Gasteiger partial charge in [-0.3, -0.25) is 4.79 Å². The highest BCUT2D eigenvalue weighted by molar-refractivity contribution is 5.84. The molecule has 3 N–H and O–H groups in total. The van der Waals surface area contributed by atoms with E-state index in [1.807, 2.05) is 0 Å². The molecule has 1 aliphatic heterocycles. The van der Waals surface area contributed by atoms with Gasteiger partial charge in [0.15, 0.2) is 0 Å². The van der Waals surface area contributed by atoms with Crippen LogP contribution in [0.15, 0.2) is 0 Å². The zero-order valence-electron chi connectivity index (χ0n) is 15.4. The molecule has 25 heavy (non-hydrogen) atoms. The fourth-order valence-corrected chi connectivity index (χ4v) is 6.47. The molecular formula is C20H31N3O2. The molecule has 0 spiro atoms. The standard InChI is InChI=1S/C20H31N3O2/c1-3-12-4-13-7-19(2,11-20(25,8-12)9-13)17(22)18(24)23-15(10-21)5-14-6-16(14)23/h12-17,25H,3-9,11,22H2,1-2H3/t12?,13?,14-,15?,16+,17-,19?,20?/m1/s1. The number of fused-ring (bicyclic) bond motifs is 3. The van der Waals surface area contributed by atoms with Crippen LogP contribution in [-0.2, 0) is 4.79 Å². The number of hydrogen-bond donors (Lipinski definition) is 2. The zero-order valence-corrected chi connectivity index (χ0v) is 15.4. The normalized spacial score (nSPS) is 49.2. The molecule has 4 rings (SSSR count). The maximum Gasteiger partial charge on any atom is 0.241 e. The van der Waals surface area contributed by atoms with Crippen molar-refractivity contribution in [2.45, 2.75) is 88.9 Å². The maximum atomic E-state index is 13.2. The Labute approximate surface area is 150 Å². The third-order valence-corrected chi connectivity index (χ3v) is 7.59. The number of nitriles is 1. The van der Waals surface area contributed by atoms with Gasteiger partial charge in [-0.1, -0.05) is 20.3 Å². The van der Waals surface area contributed by atoms with Crippen molar-refractivity contribution >= 4 is 5.91 Å². The molecular weight excluding hydrogens is 314 g/mol. The molecule has 0 aromatic carbocycles. The minimum Gasteiger partial charge on any atom is -0.390 e. The highest BCUT2D eigenvalue weighted by atomic mass is 16.3. The first-order valence-electron chi connectivity index (χ1n) is 9.98. The number of nitrogens with zero attached hydrogens (tertiary/aromatic N) is 2. The summed E-state index contributed by atoms with van der Waals surface area (Å²) < 4.78 is 0. The van der Waals surface area contributed by atoms with Gasteiger partial charge in [-0.15, -0.1) is 0 Å². The third-order valence-electron chi connectivity index (χ3n) is 7.59. The summed E-state index contributed by atoms with van der Waals surface area (Å²) in [4.78, 5) is 15.0. The Hall–Kier alpha value is -1.12. The van der Waals surface area contributed by atoms with E-state index in [4.69, 9.17) is 5.73 Å². The molecule has 0 radical (unpaired) electrons. The highest BCUT2D eigenvalue weighted by Crippen LogP contribution is 2.55. The smallest absolute Gasteiger partial charge is 0.241 e. The van der Waals surface area contributed by atoms with Gasteiger partial charge in [0, 0.05) is 6.04 Å². The topological polar surface area (TPSA) is 90.3 Å². The van der Waals surface area contributed by atoms with Crippen molar-refractivity contribution in [3.63, 3.8) is 0 Å². The second-order valence-electron chi connectivity index (χ2n) is 9.71. The van der Waals surface area contributed by atoms with Gasteiger partial charge in [-0.25, -0.2) is 0 Å². The van der Waals surface area contributed by atoms with Gasteiger partial charge in [0.2, 0.25) is 5.91 Å². The van der Waals surface area contributed by atoms with Crippen molar-refractivity contribution in [2.24, 2.45) is 28.9 Å². The van der Waals surface area contributed by atoms with Crippen LogP contribution in [0.2, 0.25) is 0 Å². The molecule has 2 bridgehead atoms. The summed E-state index contributed by atoms with van der Waals surface area (Å²) in [5.41, 5.74) is 5.48. The van der Waals surface area contributed by atoms with Crippen LogP contribution in [0.4, 0.5) is 0 Å². The number of carbonyl (C=O) groups excluding carboxylic acids is 1. The predicted molar refractivity (Wildman–Crippen MR) is 94.1 cm³/mol. The highest BCUT2D eigenvalue weighted by Gasteiger charge is 2.58. The van der Waals surface area contributed by atoms with Crippen molar-refractivity contribution in [1.82, 2.24) is 4.90 Å². The van der Waals surface area contributed by atoms with Crippen LogP contribution in [0.3, 0.4) is 0 Å². The van der Waals surface area contributed by atoms with E-state index < -0.39 is 11.6 Å². The van der Waals surface area contributed by atoms with Crippen LogP contribution in [0.1, 0.15) is 65.2 Å². The fourth-order valence-electron chi connectivity index (χ4n) is 6.47. The second kappa shape index (κ2) is 5.69. The van der Waals surface area contributed by atoms with E-state index in [1.54, 1.807) is 4.90 Å². The van der Waals surface area contributed by atoms with E-state index in [9.17, 15) is 15.2 Å². The lowest BCUT2D eigenvalue weighted by Gasteiger charge is -2.54. The van der Waals surface area contributed by atoms with E-state index in [-0.39, 0.29) is 23.4 Å². The van der Waals surface area contributed by atoms with Crippen molar-refractivity contribution in [3.05, 3.63) is 0 Å². The first-order chi connectivity index (χ1) is 11.8. The number of carbonyl (C=O) groups is 1. The van der Waals surface area contributed by atoms with Gasteiger partial charge in [-0.2, -0.15) is 5.26 Å². The third kappa shape index (κ3) is 2.78. The van der Waals surface area contributed by atoms with Gasteiger partial charge >= 0.3 is 0 Å². The zero-order chi connectivity index (χ0) is 18.0. The molecule has 3 saturated carbocycles. The Bertz CT molecular complexity index is 617. The first kappa shape index (κ1) is 17.3. The van der Waals surface area contributed by atoms with Crippen molar-refractivity contribution in [3.8, 4) is 6.07 Å². The van der Waals surface area contributed by atoms with E-state index in [1.165, 1.54) is 0 Å². The number of likely N-dealkylation sites (tertiary alicyclic amines) is 1. The summed E-state index contributed by atoms with van der Waals surface area (Å²) in [7, 11) is 0. The molecule has 5 unspecified atom stereocenters. The summed E-state index contributed by atoms with van der Waals surface area (Å²) in [5.74, 6) is 1.50. The Morgan fingerprint density at radius 2 is 2.12 bits per heavy atom. The van der Waals surface area contributed by atoms with Crippen molar-refractivity contribution < 1.29 is 9.90 Å². The molecule has 1 heterocycles. The molecule has 138 valence electrons. The minimum absolute atomic E-state index is 0.0605. The molecule has 1 amide bonds. The lowest BCUT2D eigenvalue weighted by Crippen LogP contribution is -2.60. The minimum atomic E-state index is -0.670. The average molecular weight is 345 g/mol. The summed E-state index contributed by atoms with van der Waals surface area (Å²) in [6.45, 7) is 4.28. The monoisotopic (exact) mass is 345 g/mol. The van der Waals surface area contributed by atoms with Crippen LogP contribution < -0.4 is 5.73 Å². The number of rotatable bonds is 3. The number of amides is 1. The Kier molecular flexibility index (Phi) is 3.94. The van der Waals surface area contributed by atoms with Gasteiger partial charge in [0.1, 0.15) is 6.04 Å². The molecule has 0 aromatic heterocycles. The van der Waals surface area contributed by atoms with Crippen molar-refractivity contribution in [1.29, 1.82) is 5.26 Å². The van der Waals surface area contributed by atoms with Gasteiger partial charge in [0.05, 0.1) is 17.7 Å². The fraction of sp³-hybridized carbons (Fsp3) is 0.900. The summed E-state index contributed by atoms with van der Waals surface area (Å²) >= 11 is 0. The van der Waals surface area contributed by atoms with E-state index in [2.05, 4.69) is 19.9 Å². The molecule has 4 aliphatic rings. The number of aliphatic hydroxyl groups is 1. The molecule has 3 aliphatic carbocycles. The predicted octanol–water partition coefficient (Wildman–Crippen LogP) is 2.18. The Balaban J connectivity index is 1.53. The van der Waals surface area contributed by atoms with Gasteiger partial charge < -0.3 is 15.7 Å². The molecule has 4 fully saturated rings. The van der Waals surface area contributed by atoms with Crippen LogP contribution >= 0.6 is 0 Å². The van der Waals surface area contributed by atoms with E-state index >= 15 is 0 Å². The summed E-state index contributed by atoms with van der Waals surface area (Å²) in [5, 5.41) is 20.5. The largest absolute Gasteiger partial charge is 0.390 e. The first-order valence-corrected chi connectivity index (χ1v) is 9.98. The Morgan fingerprint density at radius 3 is 2.76 bits per heavy atom. The molecule has 5 heteroatoms. The van der Waals surface area contributed by atoms with Gasteiger partial charge in [-0.05, 0) is 68.1 Å². The van der Waals surface area contributed by atoms with E-state index in [0.29, 0.717) is 24.2 Å². The van der Waals surface area contributed by atoms with E-state index in [0.717, 1.165) is 44.9 Å². The lowest BCUT2D eigenvalue weighted by atomic mass is 9.55. The average Bonchev–Trinajstić information content (AvgIpc) is 3.21. The molecule has 0 aromatic rings. The van der Waals surface area contributed by atoms with Gasteiger partial charge in [0.25, 0.3) is 0 Å². The number of hydrogen-bond acceptors (Lipinski definition) is 4. The van der Waals surface area contributed by atoms with Crippen LogP contribution in [0.5, 0.6) is 0 Å². The summed E-state index contributed by atoms with van der Waals surface area (Å²) in [6.07, 6.45) is 7.31. The van der Waals surface area contributed by atoms with Crippen LogP contribution in [0, 0.1) is 34.5 Å². The maximum absolute atomic E-state index is 13.2. The number of nitrogens with two attached hydrogens (primary N) is 1. The number of piperidine rings is 1. The molecule has 1 saturated heterocycles. The van der Waals surface area contributed by atoms with Crippen molar-refractivity contribution in [2.75, 3.05) is 0 Å².